The molecule has 8 heteroatoms. The second-order valence-corrected chi connectivity index (χ2v) is 5.74. The summed E-state index contributed by atoms with van der Waals surface area (Å²) in [5.74, 6) is -0.0991. The van der Waals surface area contributed by atoms with Gasteiger partial charge in [0.2, 0.25) is 0 Å². The molecular weight excluding hydrogens is 270 g/mol. The van der Waals surface area contributed by atoms with Crippen LogP contribution in [0.1, 0.15) is 6.42 Å². The highest BCUT2D eigenvalue weighted by molar-refractivity contribution is 8.04. The van der Waals surface area contributed by atoms with Gasteiger partial charge in [0.05, 0.1) is 11.5 Å². The van der Waals surface area contributed by atoms with Crippen LogP contribution in [0.5, 0.6) is 0 Å². The van der Waals surface area contributed by atoms with Crippen molar-refractivity contribution in [3.63, 3.8) is 0 Å². The molecule has 2 heterocycles. The molecule has 0 aromatic heterocycles. The maximum Gasteiger partial charge on any atom is 0.266 e. The van der Waals surface area contributed by atoms with E-state index in [1.807, 2.05) is 0 Å². The van der Waals surface area contributed by atoms with Gasteiger partial charge in [-0.15, -0.1) is 0 Å². The van der Waals surface area contributed by atoms with E-state index in [0.29, 0.717) is 31.0 Å². The van der Waals surface area contributed by atoms with Crippen LogP contribution in [-0.2, 0) is 4.79 Å². The Hall–Kier alpha value is -1.12. The van der Waals surface area contributed by atoms with Gasteiger partial charge in [0, 0.05) is 44.1 Å². The monoisotopic (exact) mass is 287 g/mol. The number of rotatable bonds is 4. The summed E-state index contributed by atoms with van der Waals surface area (Å²) in [6.45, 7) is 3.45. The Labute approximate surface area is 115 Å². The number of aliphatic hydroxyl groups excluding tert-OH is 1. The molecular formula is C11H17N3O4S. The summed E-state index contributed by atoms with van der Waals surface area (Å²) in [4.78, 5) is 26.8. The Morgan fingerprint density at radius 3 is 2.68 bits per heavy atom. The Morgan fingerprint density at radius 1 is 1.47 bits per heavy atom. The second kappa shape index (κ2) is 6.36. The molecule has 2 aliphatic rings. The zero-order valence-electron chi connectivity index (χ0n) is 10.5. The molecule has 1 N–H and O–H groups in total. The lowest BCUT2D eigenvalue weighted by Gasteiger charge is -2.34. The topological polar surface area (TPSA) is 86.9 Å². The second-order valence-electron chi connectivity index (χ2n) is 4.52. The van der Waals surface area contributed by atoms with Crippen LogP contribution in [0.4, 0.5) is 0 Å². The van der Waals surface area contributed by atoms with E-state index in [1.165, 1.54) is 0 Å². The number of thioether (sulfide) groups is 1. The normalized spacial score (nSPS) is 24.4. The third kappa shape index (κ3) is 3.46. The minimum absolute atomic E-state index is 0.0991. The van der Waals surface area contributed by atoms with Crippen LogP contribution >= 0.6 is 11.8 Å². The smallest absolute Gasteiger partial charge is 0.266 e. The highest BCUT2D eigenvalue weighted by Gasteiger charge is 2.33. The molecule has 1 saturated heterocycles. The summed E-state index contributed by atoms with van der Waals surface area (Å²) in [6, 6.07) is 0. The number of amides is 1. The quantitative estimate of drug-likeness (QED) is 0.566. The summed E-state index contributed by atoms with van der Waals surface area (Å²) in [7, 11) is 0. The van der Waals surface area contributed by atoms with Crippen molar-refractivity contribution in [1.29, 1.82) is 0 Å². The molecule has 106 valence electrons. The van der Waals surface area contributed by atoms with E-state index in [4.69, 9.17) is 5.11 Å². The zero-order valence-corrected chi connectivity index (χ0v) is 11.3. The van der Waals surface area contributed by atoms with Crippen LogP contribution in [0.15, 0.2) is 11.0 Å². The lowest BCUT2D eigenvalue weighted by molar-refractivity contribution is -0.493. The van der Waals surface area contributed by atoms with Gasteiger partial charge in [-0.05, 0) is 11.8 Å². The van der Waals surface area contributed by atoms with E-state index in [2.05, 4.69) is 4.90 Å². The first-order valence-corrected chi connectivity index (χ1v) is 7.12. The molecule has 0 bridgehead atoms. The molecule has 1 fully saturated rings. The maximum atomic E-state index is 12.2. The Bertz CT molecular complexity index is 393. The molecule has 2 aliphatic heterocycles. The SMILES string of the molecule is O=C(C1=CCC([N+](=O)[O-])S1)N1CCN(CCO)CC1. The van der Waals surface area contributed by atoms with Crippen molar-refractivity contribution in [2.75, 3.05) is 39.3 Å². The van der Waals surface area contributed by atoms with Gasteiger partial charge in [-0.25, -0.2) is 0 Å². The summed E-state index contributed by atoms with van der Waals surface area (Å²) >= 11 is 1.05. The molecule has 0 aromatic carbocycles. The van der Waals surface area contributed by atoms with Gasteiger partial charge in [-0.2, -0.15) is 0 Å². The molecule has 1 atom stereocenters. The number of carbonyl (C=O) groups excluding carboxylic acids is 1. The van der Waals surface area contributed by atoms with Gasteiger partial charge in [-0.3, -0.25) is 19.8 Å². The lowest BCUT2D eigenvalue weighted by Crippen LogP contribution is -2.49. The molecule has 0 aliphatic carbocycles. The maximum absolute atomic E-state index is 12.2. The Kier molecular flexibility index (Phi) is 4.78. The number of piperazine rings is 1. The first kappa shape index (κ1) is 14.3. The molecule has 2 rings (SSSR count). The number of nitro groups is 1. The number of nitrogens with zero attached hydrogens (tertiary/aromatic N) is 3. The van der Waals surface area contributed by atoms with Crippen LogP contribution in [0.25, 0.3) is 0 Å². The predicted octanol–water partition coefficient (Wildman–Crippen LogP) is -0.254. The Balaban J connectivity index is 1.84. The highest BCUT2D eigenvalue weighted by Crippen LogP contribution is 2.33. The molecule has 0 spiro atoms. The molecule has 0 aromatic rings. The summed E-state index contributed by atoms with van der Waals surface area (Å²) in [5, 5.41) is 18.8. The third-order valence-corrected chi connectivity index (χ3v) is 4.52. The number of hydrogen-bond acceptors (Lipinski definition) is 6. The van der Waals surface area contributed by atoms with E-state index in [9.17, 15) is 14.9 Å². The molecule has 0 saturated carbocycles. The number of β-amino-alcohol motifs (C(OH)–C–C–N with tert-alkyl or cyclic N) is 1. The first-order valence-electron chi connectivity index (χ1n) is 6.24. The van der Waals surface area contributed by atoms with Gasteiger partial charge in [0.15, 0.2) is 0 Å². The van der Waals surface area contributed by atoms with Crippen molar-refractivity contribution in [3.05, 3.63) is 21.1 Å². The Morgan fingerprint density at radius 2 is 2.16 bits per heavy atom. The van der Waals surface area contributed by atoms with Crippen LogP contribution in [-0.4, -0.2) is 70.4 Å². The van der Waals surface area contributed by atoms with E-state index < -0.39 is 5.37 Å². The summed E-state index contributed by atoms with van der Waals surface area (Å²) < 4.78 is 0. The number of hydrogen-bond donors (Lipinski definition) is 1. The molecule has 1 amide bonds. The van der Waals surface area contributed by atoms with Crippen LogP contribution in [0.2, 0.25) is 0 Å². The van der Waals surface area contributed by atoms with E-state index in [0.717, 1.165) is 24.9 Å². The van der Waals surface area contributed by atoms with Crippen molar-refractivity contribution < 1.29 is 14.8 Å². The van der Waals surface area contributed by atoms with Crippen LogP contribution < -0.4 is 0 Å². The fourth-order valence-electron chi connectivity index (χ4n) is 2.19. The van der Waals surface area contributed by atoms with Gasteiger partial charge in [0.1, 0.15) is 0 Å². The highest BCUT2D eigenvalue weighted by atomic mass is 32.2. The van der Waals surface area contributed by atoms with E-state index in [1.54, 1.807) is 11.0 Å². The minimum atomic E-state index is -0.713. The predicted molar refractivity (Wildman–Crippen MR) is 71.2 cm³/mol. The van der Waals surface area contributed by atoms with Gasteiger partial charge >= 0.3 is 0 Å². The zero-order chi connectivity index (χ0) is 13.8. The van der Waals surface area contributed by atoms with Gasteiger partial charge < -0.3 is 10.0 Å². The van der Waals surface area contributed by atoms with Crippen molar-refractivity contribution in [3.8, 4) is 0 Å². The average molecular weight is 287 g/mol. The molecule has 1 unspecified atom stereocenters. The van der Waals surface area contributed by atoms with E-state index >= 15 is 0 Å². The summed E-state index contributed by atoms with van der Waals surface area (Å²) in [6.07, 6.45) is 1.99. The fourth-order valence-corrected chi connectivity index (χ4v) is 3.18. The number of carbonyl (C=O) groups is 1. The summed E-state index contributed by atoms with van der Waals surface area (Å²) in [5.41, 5.74) is 0. The van der Waals surface area contributed by atoms with Crippen molar-refractivity contribution in [2.45, 2.75) is 11.8 Å². The molecule has 0 radical (unpaired) electrons. The number of aliphatic hydroxyl groups is 1. The fraction of sp³-hybridized carbons (Fsp3) is 0.727. The van der Waals surface area contributed by atoms with E-state index in [-0.39, 0.29) is 17.4 Å². The van der Waals surface area contributed by atoms with Crippen molar-refractivity contribution >= 4 is 17.7 Å². The van der Waals surface area contributed by atoms with Gasteiger partial charge in [-0.1, -0.05) is 6.08 Å². The lowest BCUT2D eigenvalue weighted by atomic mass is 10.3. The largest absolute Gasteiger partial charge is 0.395 e. The molecule has 7 nitrogen and oxygen atoms in total. The van der Waals surface area contributed by atoms with Crippen molar-refractivity contribution in [1.82, 2.24) is 9.80 Å². The average Bonchev–Trinajstić information content (AvgIpc) is 2.89. The van der Waals surface area contributed by atoms with Crippen LogP contribution in [0, 0.1) is 10.1 Å². The van der Waals surface area contributed by atoms with Crippen LogP contribution in [0.3, 0.4) is 0 Å². The standard InChI is InChI=1S/C11H17N3O4S/c15-8-7-12-3-5-13(6-4-12)11(16)9-1-2-10(19-9)14(17)18/h1,10,15H,2-8H2. The van der Waals surface area contributed by atoms with Gasteiger partial charge in [0.25, 0.3) is 11.3 Å². The third-order valence-electron chi connectivity index (χ3n) is 3.29. The van der Waals surface area contributed by atoms with Crippen molar-refractivity contribution in [2.24, 2.45) is 0 Å². The minimum Gasteiger partial charge on any atom is -0.395 e. The molecule has 19 heavy (non-hydrogen) atoms. The first-order chi connectivity index (χ1) is 9.11.